The molecule has 0 aliphatic heterocycles. The number of rotatable bonds is 11. The van der Waals surface area contributed by atoms with Crippen LogP contribution in [0.2, 0.25) is 0 Å². The van der Waals surface area contributed by atoms with E-state index in [1.54, 1.807) is 0 Å². The number of carbonyl (C=O) groups excluding carboxylic acids is 1. The van der Waals surface area contributed by atoms with E-state index in [2.05, 4.69) is 0 Å². The van der Waals surface area contributed by atoms with Crippen LogP contribution < -0.4 is 5.11 Å². The minimum atomic E-state index is -0.900. The Morgan fingerprint density at radius 1 is 0.789 bits per heavy atom. The van der Waals surface area contributed by atoms with Crippen molar-refractivity contribution >= 4 is 5.97 Å². The average molecular weight is 267 g/mol. The summed E-state index contributed by atoms with van der Waals surface area (Å²) >= 11 is 0. The van der Waals surface area contributed by atoms with Crippen molar-refractivity contribution in [2.75, 3.05) is 0 Å². The van der Waals surface area contributed by atoms with Crippen molar-refractivity contribution in [3.63, 3.8) is 0 Å². The number of hydrogen-bond donors (Lipinski definition) is 0. The summed E-state index contributed by atoms with van der Waals surface area (Å²) in [6, 6.07) is 0. The van der Waals surface area contributed by atoms with Crippen LogP contribution in [0.5, 0.6) is 0 Å². The zero-order valence-electron chi connectivity index (χ0n) is 12.5. The van der Waals surface area contributed by atoms with E-state index in [1.807, 2.05) is 0 Å². The van der Waals surface area contributed by atoms with Crippen molar-refractivity contribution in [1.29, 1.82) is 0 Å². The van der Waals surface area contributed by atoms with Crippen LogP contribution in [0.4, 0.5) is 0 Å². The van der Waals surface area contributed by atoms with E-state index in [0.29, 0.717) is 0 Å². The highest BCUT2D eigenvalue weighted by Crippen LogP contribution is 2.28. The Labute approximate surface area is 119 Å². The summed E-state index contributed by atoms with van der Waals surface area (Å²) in [6.07, 6.45) is 18.9. The van der Waals surface area contributed by atoms with E-state index in [0.717, 1.165) is 18.8 Å². The van der Waals surface area contributed by atoms with Crippen LogP contribution in [0, 0.1) is 5.92 Å². The molecule has 0 aromatic rings. The molecule has 1 aliphatic rings. The fraction of sp³-hybridized carbons (Fsp3) is 0.941. The van der Waals surface area contributed by atoms with E-state index >= 15 is 0 Å². The summed E-state index contributed by atoms with van der Waals surface area (Å²) in [6.45, 7) is 0. The molecular weight excluding hydrogens is 236 g/mol. The van der Waals surface area contributed by atoms with Gasteiger partial charge in [0.15, 0.2) is 0 Å². The molecule has 1 fully saturated rings. The third-order valence-electron chi connectivity index (χ3n) is 4.47. The van der Waals surface area contributed by atoms with E-state index in [1.165, 1.54) is 77.0 Å². The molecule has 2 heteroatoms. The number of carboxylic acid groups (broad SMARTS) is 1. The Morgan fingerprint density at radius 3 is 1.89 bits per heavy atom. The molecule has 0 radical (unpaired) electrons. The Balaban J connectivity index is 1.74. The van der Waals surface area contributed by atoms with Crippen LogP contribution in [-0.4, -0.2) is 5.97 Å². The van der Waals surface area contributed by atoms with Gasteiger partial charge in [0.05, 0.1) is 0 Å². The van der Waals surface area contributed by atoms with Crippen LogP contribution in [0.3, 0.4) is 0 Å². The minimum absolute atomic E-state index is 0.237. The predicted octanol–water partition coefficient (Wildman–Crippen LogP) is 4.22. The molecule has 0 saturated heterocycles. The Bertz CT molecular complexity index is 219. The summed E-state index contributed by atoms with van der Waals surface area (Å²) in [7, 11) is 0. The summed E-state index contributed by atoms with van der Waals surface area (Å²) < 4.78 is 0. The maximum absolute atomic E-state index is 10.2. The molecule has 112 valence electrons. The second kappa shape index (κ2) is 11.3. The van der Waals surface area contributed by atoms with Gasteiger partial charge in [0.25, 0.3) is 0 Å². The lowest BCUT2D eigenvalue weighted by Gasteiger charge is -2.21. The molecule has 0 aromatic carbocycles. The summed E-state index contributed by atoms with van der Waals surface area (Å²) in [4.78, 5) is 10.2. The molecule has 1 saturated carbocycles. The Kier molecular flexibility index (Phi) is 9.84. The second-order valence-electron chi connectivity index (χ2n) is 6.24. The molecule has 0 aromatic heterocycles. The zero-order valence-corrected chi connectivity index (χ0v) is 12.5. The molecule has 0 atom stereocenters. The van der Waals surface area contributed by atoms with Crippen molar-refractivity contribution in [3.05, 3.63) is 0 Å². The topological polar surface area (TPSA) is 40.1 Å². The van der Waals surface area contributed by atoms with Gasteiger partial charge in [-0.1, -0.05) is 83.5 Å². The molecule has 1 aliphatic carbocycles. The van der Waals surface area contributed by atoms with E-state index < -0.39 is 5.97 Å². The van der Waals surface area contributed by atoms with Crippen molar-refractivity contribution in [3.8, 4) is 0 Å². The first-order chi connectivity index (χ1) is 9.29. The number of carboxylic acids is 1. The Hall–Kier alpha value is -0.530. The van der Waals surface area contributed by atoms with Crippen molar-refractivity contribution < 1.29 is 9.90 Å². The van der Waals surface area contributed by atoms with E-state index in [4.69, 9.17) is 0 Å². The Morgan fingerprint density at radius 2 is 1.32 bits per heavy atom. The van der Waals surface area contributed by atoms with E-state index in [-0.39, 0.29) is 6.42 Å². The van der Waals surface area contributed by atoms with Gasteiger partial charge >= 0.3 is 0 Å². The lowest BCUT2D eigenvalue weighted by Crippen LogP contribution is -2.21. The number of carbonyl (C=O) groups is 1. The fourth-order valence-corrected chi connectivity index (χ4v) is 3.24. The average Bonchev–Trinajstić information content (AvgIpc) is 2.42. The standard InChI is InChI=1S/C17H32O2/c18-17(19)15-11-6-4-2-1-3-5-8-12-16-13-9-7-10-14-16/h16H,1-15H2,(H,18,19)/p-1. The largest absolute Gasteiger partial charge is 0.550 e. The molecule has 0 unspecified atom stereocenters. The van der Waals surface area contributed by atoms with Gasteiger partial charge in [-0.15, -0.1) is 0 Å². The molecule has 0 heterocycles. The summed E-state index contributed by atoms with van der Waals surface area (Å²) in [5, 5.41) is 10.2. The van der Waals surface area contributed by atoms with Gasteiger partial charge in [0, 0.05) is 5.97 Å². The minimum Gasteiger partial charge on any atom is -0.550 e. The summed E-state index contributed by atoms with van der Waals surface area (Å²) in [5.41, 5.74) is 0. The van der Waals surface area contributed by atoms with Crippen molar-refractivity contribution in [1.82, 2.24) is 0 Å². The van der Waals surface area contributed by atoms with Gasteiger partial charge in [-0.05, 0) is 18.8 Å². The van der Waals surface area contributed by atoms with Gasteiger partial charge in [-0.25, -0.2) is 0 Å². The molecule has 1 rings (SSSR count). The van der Waals surface area contributed by atoms with Crippen LogP contribution >= 0.6 is 0 Å². The fourth-order valence-electron chi connectivity index (χ4n) is 3.24. The quantitative estimate of drug-likeness (QED) is 0.526. The first kappa shape index (κ1) is 16.5. The van der Waals surface area contributed by atoms with Crippen molar-refractivity contribution in [2.45, 2.75) is 96.3 Å². The highest BCUT2D eigenvalue weighted by Gasteiger charge is 2.12. The van der Waals surface area contributed by atoms with Gasteiger partial charge < -0.3 is 9.90 Å². The highest BCUT2D eigenvalue weighted by atomic mass is 16.4. The van der Waals surface area contributed by atoms with Gasteiger partial charge in [-0.3, -0.25) is 0 Å². The lowest BCUT2D eigenvalue weighted by atomic mass is 9.85. The molecule has 0 N–H and O–H groups in total. The normalized spacial score (nSPS) is 16.6. The number of hydrogen-bond acceptors (Lipinski definition) is 2. The predicted molar refractivity (Wildman–Crippen MR) is 77.8 cm³/mol. The molecule has 19 heavy (non-hydrogen) atoms. The maximum atomic E-state index is 10.2. The zero-order chi connectivity index (χ0) is 13.8. The van der Waals surface area contributed by atoms with Gasteiger partial charge in [0.1, 0.15) is 0 Å². The van der Waals surface area contributed by atoms with Crippen LogP contribution in [-0.2, 0) is 4.79 Å². The molecular formula is C17H31O2-. The first-order valence-electron chi connectivity index (χ1n) is 8.49. The monoisotopic (exact) mass is 267 g/mol. The van der Waals surface area contributed by atoms with Crippen LogP contribution in [0.15, 0.2) is 0 Å². The van der Waals surface area contributed by atoms with Crippen LogP contribution in [0.1, 0.15) is 96.3 Å². The third kappa shape index (κ3) is 9.98. The SMILES string of the molecule is O=C([O-])CCCCCCCCCCC1CCCCC1. The van der Waals surface area contributed by atoms with Crippen LogP contribution in [0.25, 0.3) is 0 Å². The van der Waals surface area contributed by atoms with E-state index in [9.17, 15) is 9.90 Å². The maximum Gasteiger partial charge on any atom is 0.0414 e. The highest BCUT2D eigenvalue weighted by molar-refractivity contribution is 5.63. The molecule has 2 nitrogen and oxygen atoms in total. The molecule has 0 bridgehead atoms. The number of unbranched alkanes of at least 4 members (excludes halogenated alkanes) is 7. The van der Waals surface area contributed by atoms with Gasteiger partial charge in [0.2, 0.25) is 0 Å². The lowest BCUT2D eigenvalue weighted by molar-refractivity contribution is -0.305. The molecule has 0 amide bonds. The van der Waals surface area contributed by atoms with Gasteiger partial charge in [-0.2, -0.15) is 0 Å². The molecule has 0 spiro atoms. The van der Waals surface area contributed by atoms with Crippen molar-refractivity contribution in [2.24, 2.45) is 5.92 Å². The third-order valence-corrected chi connectivity index (χ3v) is 4.47. The summed E-state index contributed by atoms with van der Waals surface area (Å²) in [5.74, 6) is 0.140. The smallest absolute Gasteiger partial charge is 0.0414 e. The number of aliphatic carboxylic acids is 1. The first-order valence-corrected chi connectivity index (χ1v) is 8.49. The second-order valence-corrected chi connectivity index (χ2v) is 6.24.